The van der Waals surface area contributed by atoms with Crippen LogP contribution in [-0.2, 0) is 14.3 Å². The summed E-state index contributed by atoms with van der Waals surface area (Å²) in [5, 5.41) is 10.2. The number of hydrogen-bond donors (Lipinski definition) is 1. The van der Waals surface area contributed by atoms with E-state index >= 15 is 0 Å². The van der Waals surface area contributed by atoms with E-state index in [4.69, 9.17) is 9.47 Å². The number of amides is 1. The number of ether oxygens (including phenoxy) is 2. The van der Waals surface area contributed by atoms with E-state index in [0.29, 0.717) is 13.0 Å². The van der Waals surface area contributed by atoms with Crippen molar-refractivity contribution in [2.24, 2.45) is 11.8 Å². The fraction of sp³-hybridized carbons (Fsp3) is 0.857. The Bertz CT molecular complexity index is 363. The Morgan fingerprint density at radius 2 is 1.90 bits per heavy atom. The first-order chi connectivity index (χ1) is 9.19. The van der Waals surface area contributed by atoms with E-state index < -0.39 is 29.7 Å². The van der Waals surface area contributed by atoms with Gasteiger partial charge in [0.1, 0.15) is 11.5 Å². The first kappa shape index (κ1) is 16.8. The third-order valence-electron chi connectivity index (χ3n) is 3.45. The van der Waals surface area contributed by atoms with Gasteiger partial charge in [-0.2, -0.15) is 0 Å². The molecular weight excluding hydrogens is 262 g/mol. The van der Waals surface area contributed by atoms with E-state index in [9.17, 15) is 14.7 Å². The summed E-state index contributed by atoms with van der Waals surface area (Å²) in [4.78, 5) is 25.3. The molecule has 1 aliphatic rings. The molecule has 1 saturated heterocycles. The van der Waals surface area contributed by atoms with Crippen molar-refractivity contribution in [3.63, 3.8) is 0 Å². The molecule has 0 saturated carbocycles. The fourth-order valence-corrected chi connectivity index (χ4v) is 2.35. The van der Waals surface area contributed by atoms with Gasteiger partial charge in [0.15, 0.2) is 0 Å². The fourth-order valence-electron chi connectivity index (χ4n) is 2.35. The summed E-state index contributed by atoms with van der Waals surface area (Å²) in [7, 11) is 1.28. The van der Waals surface area contributed by atoms with Gasteiger partial charge < -0.3 is 19.5 Å². The molecule has 1 heterocycles. The number of piperidine rings is 1. The van der Waals surface area contributed by atoms with Crippen LogP contribution in [-0.4, -0.2) is 54.0 Å². The van der Waals surface area contributed by atoms with Gasteiger partial charge in [0, 0.05) is 19.0 Å². The summed E-state index contributed by atoms with van der Waals surface area (Å²) in [6, 6.07) is 0. The normalized spacial score (nSPS) is 27.1. The van der Waals surface area contributed by atoms with Crippen LogP contribution >= 0.6 is 0 Å². The zero-order valence-electron chi connectivity index (χ0n) is 12.9. The summed E-state index contributed by atoms with van der Waals surface area (Å²) in [6.07, 6.45) is -0.573. The largest absolute Gasteiger partial charge is 0.469 e. The van der Waals surface area contributed by atoms with E-state index in [1.54, 1.807) is 20.8 Å². The van der Waals surface area contributed by atoms with Crippen LogP contribution < -0.4 is 0 Å². The van der Waals surface area contributed by atoms with Crippen LogP contribution in [0.25, 0.3) is 0 Å². The number of rotatable bonds is 2. The molecule has 1 amide bonds. The van der Waals surface area contributed by atoms with Crippen LogP contribution in [0.3, 0.4) is 0 Å². The van der Waals surface area contributed by atoms with Crippen LogP contribution in [0.4, 0.5) is 4.79 Å². The highest BCUT2D eigenvalue weighted by Gasteiger charge is 2.42. The van der Waals surface area contributed by atoms with Crippen LogP contribution in [0.2, 0.25) is 0 Å². The lowest BCUT2D eigenvalue weighted by molar-refractivity contribution is -0.155. The summed E-state index contributed by atoms with van der Waals surface area (Å²) >= 11 is 0. The second kappa shape index (κ2) is 6.43. The van der Waals surface area contributed by atoms with Gasteiger partial charge in [-0.1, -0.05) is 6.92 Å². The maximum absolute atomic E-state index is 12.1. The molecule has 3 atom stereocenters. The van der Waals surface area contributed by atoms with Gasteiger partial charge in [-0.25, -0.2) is 4.79 Å². The Balaban J connectivity index is 2.83. The summed E-state index contributed by atoms with van der Waals surface area (Å²) < 4.78 is 10.0. The highest BCUT2D eigenvalue weighted by molar-refractivity contribution is 5.75. The monoisotopic (exact) mass is 287 g/mol. The molecule has 0 aliphatic carbocycles. The molecule has 1 aliphatic heterocycles. The van der Waals surface area contributed by atoms with Gasteiger partial charge in [0.25, 0.3) is 0 Å². The minimum atomic E-state index is -0.786. The molecule has 0 aromatic rings. The predicted molar refractivity (Wildman–Crippen MR) is 73.1 cm³/mol. The number of carbonyl (C=O) groups excluding carboxylic acids is 2. The maximum atomic E-state index is 12.1. The number of aliphatic hydroxyl groups excluding tert-OH is 1. The molecule has 6 heteroatoms. The van der Waals surface area contributed by atoms with Crippen molar-refractivity contribution < 1.29 is 24.2 Å². The van der Waals surface area contributed by atoms with Crippen molar-refractivity contribution in [1.82, 2.24) is 4.90 Å². The Morgan fingerprint density at radius 1 is 1.30 bits per heavy atom. The Kier molecular flexibility index (Phi) is 5.39. The molecule has 0 radical (unpaired) electrons. The number of hydrogen-bond acceptors (Lipinski definition) is 5. The molecule has 3 unspecified atom stereocenters. The molecule has 20 heavy (non-hydrogen) atoms. The molecule has 1 N–H and O–H groups in total. The molecule has 0 aromatic carbocycles. The number of carbonyl (C=O) groups is 2. The number of methoxy groups -OCH3 is 1. The maximum Gasteiger partial charge on any atom is 0.410 e. The van der Waals surface area contributed by atoms with Gasteiger partial charge in [0.2, 0.25) is 0 Å². The number of aliphatic hydroxyl groups is 1. The third-order valence-corrected chi connectivity index (χ3v) is 3.45. The van der Waals surface area contributed by atoms with E-state index in [-0.39, 0.29) is 12.5 Å². The van der Waals surface area contributed by atoms with Crippen molar-refractivity contribution in [3.05, 3.63) is 0 Å². The first-order valence-electron chi connectivity index (χ1n) is 6.93. The first-order valence-corrected chi connectivity index (χ1v) is 6.93. The summed E-state index contributed by atoms with van der Waals surface area (Å²) in [5.41, 5.74) is -0.588. The van der Waals surface area contributed by atoms with Gasteiger partial charge in [-0.05, 0) is 27.2 Å². The highest BCUT2D eigenvalue weighted by Crippen LogP contribution is 2.27. The van der Waals surface area contributed by atoms with Gasteiger partial charge in [-0.3, -0.25) is 4.79 Å². The lowest BCUT2D eigenvalue weighted by Gasteiger charge is -2.40. The van der Waals surface area contributed by atoms with Crippen molar-refractivity contribution in [2.75, 3.05) is 20.2 Å². The molecule has 0 spiro atoms. The van der Waals surface area contributed by atoms with E-state index in [2.05, 4.69) is 0 Å². The molecule has 116 valence electrons. The van der Waals surface area contributed by atoms with Crippen LogP contribution in [0, 0.1) is 11.8 Å². The quantitative estimate of drug-likeness (QED) is 0.777. The van der Waals surface area contributed by atoms with E-state index in [1.165, 1.54) is 12.0 Å². The van der Waals surface area contributed by atoms with E-state index in [1.807, 2.05) is 6.92 Å². The zero-order valence-corrected chi connectivity index (χ0v) is 12.9. The van der Waals surface area contributed by atoms with Crippen LogP contribution in [0.15, 0.2) is 0 Å². The highest BCUT2D eigenvalue weighted by atomic mass is 16.6. The molecule has 1 rings (SSSR count). The zero-order chi connectivity index (χ0) is 15.5. The van der Waals surface area contributed by atoms with Crippen molar-refractivity contribution in [1.29, 1.82) is 0 Å². The van der Waals surface area contributed by atoms with Crippen molar-refractivity contribution in [3.8, 4) is 0 Å². The summed E-state index contributed by atoms with van der Waals surface area (Å²) in [5.74, 6) is -1.37. The van der Waals surface area contributed by atoms with E-state index in [0.717, 1.165) is 0 Å². The van der Waals surface area contributed by atoms with Crippen LogP contribution in [0.5, 0.6) is 0 Å². The Labute approximate surface area is 120 Å². The smallest absolute Gasteiger partial charge is 0.410 e. The average Bonchev–Trinajstić information content (AvgIpc) is 2.36. The number of nitrogens with zero attached hydrogens (tertiary/aromatic N) is 1. The lowest BCUT2D eigenvalue weighted by Crippen LogP contribution is -2.54. The second-order valence-electron chi connectivity index (χ2n) is 6.17. The summed E-state index contributed by atoms with van der Waals surface area (Å²) in [6.45, 7) is 7.80. The predicted octanol–water partition coefficient (Wildman–Crippen LogP) is 1.41. The van der Waals surface area contributed by atoms with Gasteiger partial charge >= 0.3 is 12.1 Å². The SMILES string of the molecule is CCC1CN(C(=O)OC(C)(C)C)CC(C(=O)OC)C1O. The van der Waals surface area contributed by atoms with Crippen LogP contribution in [0.1, 0.15) is 34.1 Å². The molecule has 6 nitrogen and oxygen atoms in total. The molecular formula is C14H25NO5. The Morgan fingerprint density at radius 3 is 2.35 bits per heavy atom. The standard InChI is InChI=1S/C14H25NO5/c1-6-9-7-15(13(18)20-14(2,3)4)8-10(11(9)16)12(17)19-5/h9-11,16H,6-8H2,1-5H3. The second-order valence-corrected chi connectivity index (χ2v) is 6.17. The molecule has 0 aromatic heterocycles. The minimum Gasteiger partial charge on any atom is -0.469 e. The topological polar surface area (TPSA) is 76.1 Å². The third kappa shape index (κ3) is 4.10. The van der Waals surface area contributed by atoms with Gasteiger partial charge in [-0.15, -0.1) is 0 Å². The van der Waals surface area contributed by atoms with Gasteiger partial charge in [0.05, 0.1) is 13.2 Å². The number of likely N-dealkylation sites (tertiary alicyclic amines) is 1. The Hall–Kier alpha value is -1.30. The lowest BCUT2D eigenvalue weighted by atomic mass is 9.84. The molecule has 1 fully saturated rings. The number of esters is 1. The minimum absolute atomic E-state index is 0.124. The molecule has 0 bridgehead atoms. The van der Waals surface area contributed by atoms with Crippen molar-refractivity contribution >= 4 is 12.1 Å². The van der Waals surface area contributed by atoms with Crippen molar-refractivity contribution in [2.45, 2.75) is 45.8 Å². The average molecular weight is 287 g/mol.